The largest absolute Gasteiger partial charge is 0.477 e. The number of aromatic carboxylic acids is 1. The van der Waals surface area contributed by atoms with Crippen LogP contribution in [-0.4, -0.2) is 106 Å². The number of imidazole rings is 1. The maximum atomic E-state index is 12.1. The summed E-state index contributed by atoms with van der Waals surface area (Å²) in [4.78, 5) is 115. The number of carbonyl (C=O) groups is 7. The van der Waals surface area contributed by atoms with Crippen LogP contribution in [0.15, 0.2) is 140 Å². The number of carbonyl (C=O) groups excluding carboxylic acids is 6. The Balaban J connectivity index is 0.000000283. The van der Waals surface area contributed by atoms with Crippen molar-refractivity contribution in [2.75, 3.05) is 49.1 Å². The van der Waals surface area contributed by atoms with Crippen LogP contribution < -0.4 is 33.2 Å². The molecule has 2 amide bonds. The SMILES string of the molecule is CC(C)(C)OC(=O)Nc1cccs1.CC(C)(C)OC(=O)Nc1sccc1C=O.CCOC(=O)CC(=O)OCC.CCOC(=O)c1cc2ccsc2[nH]c1=O.Nc1ccccc1N.O=C(O)c1cccs1.O=c1[nH]c2sccc2cc1-c1nc2ccccc2[nH]1.[2H]CF. The maximum Gasteiger partial charge on any atom is 0.412 e. The minimum absolute atomic E-state index is 0.0581. The number of hydrogen-bond donors (Lipinski definition) is 8. The number of rotatable bonds is 11. The topological polar surface area (TPSA) is 356 Å². The molecule has 486 valence electrons. The number of nitrogens with one attached hydrogen (secondary N) is 5. The number of esters is 3. The predicted molar refractivity (Wildman–Crippen MR) is 361 cm³/mol. The van der Waals surface area contributed by atoms with E-state index in [4.69, 9.17) is 32.2 Å². The van der Waals surface area contributed by atoms with Crippen molar-refractivity contribution >= 4 is 152 Å². The number of H-pyrrole nitrogens is 3. The number of thiophene rings is 5. The average Bonchev–Trinajstić information content (AvgIpc) is 1.72. The van der Waals surface area contributed by atoms with Gasteiger partial charge in [0, 0.05) is 16.3 Å². The fourth-order valence-electron chi connectivity index (χ4n) is 6.59. The predicted octanol–water partition coefficient (Wildman–Crippen LogP) is 14.3. The fraction of sp³-hybridized carbons (Fsp3) is 0.258. The number of benzene rings is 2. The molecular weight excluding hydrogens is 1280 g/mol. The Morgan fingerprint density at radius 1 is 0.637 bits per heavy atom. The van der Waals surface area contributed by atoms with Crippen molar-refractivity contribution in [3.8, 4) is 11.4 Å². The summed E-state index contributed by atoms with van der Waals surface area (Å²) in [5.74, 6) is -1.89. The number of fused-ring (bicyclic) bond motifs is 3. The van der Waals surface area contributed by atoms with E-state index in [9.17, 15) is 47.5 Å². The van der Waals surface area contributed by atoms with Crippen molar-refractivity contribution < 1.29 is 68.1 Å². The van der Waals surface area contributed by atoms with Gasteiger partial charge in [0.05, 0.1) is 61.3 Å². The first-order valence-electron chi connectivity index (χ1n) is 27.8. The third-order valence-corrected chi connectivity index (χ3v) is 14.5. The number of nitrogens with two attached hydrogens (primary N) is 2. The lowest BCUT2D eigenvalue weighted by Crippen LogP contribution is -2.27. The molecule has 0 radical (unpaired) electrons. The number of ether oxygens (including phenoxy) is 5. The molecule has 0 saturated carbocycles. The van der Waals surface area contributed by atoms with E-state index in [0.29, 0.717) is 44.5 Å². The second-order valence-corrected chi connectivity index (χ2v) is 24.2. The zero-order valence-corrected chi connectivity index (χ0v) is 55.1. The summed E-state index contributed by atoms with van der Waals surface area (Å²) in [6.07, 6.45) is -0.548. The number of nitrogens with zero attached hydrogens (tertiary/aromatic N) is 1. The number of carboxylic acid groups (broad SMARTS) is 1. The number of pyridine rings is 2. The van der Waals surface area contributed by atoms with E-state index < -0.39 is 60.0 Å². The Hall–Kier alpha value is -9.55. The molecule has 91 heavy (non-hydrogen) atoms. The summed E-state index contributed by atoms with van der Waals surface area (Å²) in [5, 5.41) is 25.8. The molecule has 23 nitrogen and oxygen atoms in total. The lowest BCUT2D eigenvalue weighted by molar-refractivity contribution is -0.153. The summed E-state index contributed by atoms with van der Waals surface area (Å²) < 4.78 is 39.4. The van der Waals surface area contributed by atoms with Gasteiger partial charge in [-0.05, 0) is 162 Å². The van der Waals surface area contributed by atoms with Crippen LogP contribution in [0.3, 0.4) is 0 Å². The Morgan fingerprint density at radius 3 is 1.64 bits per heavy atom. The molecule has 29 heteroatoms. The van der Waals surface area contributed by atoms with Gasteiger partial charge >= 0.3 is 36.1 Å². The van der Waals surface area contributed by atoms with Gasteiger partial charge in [-0.3, -0.25) is 39.0 Å². The first-order valence-corrected chi connectivity index (χ1v) is 31.5. The minimum atomic E-state index is -1.00. The van der Waals surface area contributed by atoms with Gasteiger partial charge in [0.25, 0.3) is 11.1 Å². The van der Waals surface area contributed by atoms with Crippen molar-refractivity contribution in [2.45, 2.75) is 79.9 Å². The van der Waals surface area contributed by atoms with Gasteiger partial charge in [0.1, 0.15) is 48.5 Å². The number of alkyl halides is 1. The first-order chi connectivity index (χ1) is 43.6. The molecular formula is C62H71FN8O15S5. The molecule has 8 heterocycles. The highest BCUT2D eigenvalue weighted by Crippen LogP contribution is 2.25. The fourth-order valence-corrected chi connectivity index (χ4v) is 10.0. The van der Waals surface area contributed by atoms with E-state index in [1.807, 2.05) is 104 Å². The Morgan fingerprint density at radius 2 is 1.15 bits per heavy atom. The van der Waals surface area contributed by atoms with Gasteiger partial charge in [0.15, 0.2) is 6.29 Å². The maximum absolute atomic E-state index is 12.1. The quantitative estimate of drug-likeness (QED) is 0.0196. The molecule has 0 spiro atoms. The summed E-state index contributed by atoms with van der Waals surface area (Å²) in [7, 11) is -1.00. The molecule has 0 aliphatic rings. The lowest BCUT2D eigenvalue weighted by Gasteiger charge is -2.19. The van der Waals surface area contributed by atoms with E-state index in [1.165, 1.54) is 56.7 Å². The van der Waals surface area contributed by atoms with E-state index in [-0.39, 0.29) is 37.4 Å². The molecule has 0 fully saturated rings. The molecule has 10 aromatic rings. The van der Waals surface area contributed by atoms with Crippen LogP contribution in [0, 0.1) is 0 Å². The smallest absolute Gasteiger partial charge is 0.412 e. The second kappa shape index (κ2) is 38.8. The van der Waals surface area contributed by atoms with E-state index in [0.717, 1.165) is 36.5 Å². The summed E-state index contributed by atoms with van der Waals surface area (Å²) >= 11 is 6.93. The molecule has 0 atom stereocenters. The van der Waals surface area contributed by atoms with Crippen molar-refractivity contribution in [3.05, 3.63) is 167 Å². The number of aromatic nitrogens is 4. The van der Waals surface area contributed by atoms with Crippen LogP contribution in [0.5, 0.6) is 0 Å². The molecule has 0 aliphatic heterocycles. The summed E-state index contributed by atoms with van der Waals surface area (Å²) in [5.41, 5.74) is 13.5. The Kier molecular flexibility index (Phi) is 31.5. The molecule has 0 saturated heterocycles. The van der Waals surface area contributed by atoms with Gasteiger partial charge in [-0.2, -0.15) is 0 Å². The number of nitrogen functional groups attached to an aromatic ring is 2. The molecule has 10 rings (SSSR count). The van der Waals surface area contributed by atoms with E-state index in [1.54, 1.807) is 88.7 Å². The minimum Gasteiger partial charge on any atom is -0.477 e. The summed E-state index contributed by atoms with van der Waals surface area (Å²) in [6.45, 7) is 16.8. The van der Waals surface area contributed by atoms with Gasteiger partial charge in [-0.1, -0.05) is 30.3 Å². The van der Waals surface area contributed by atoms with Gasteiger partial charge < -0.3 is 55.2 Å². The Bertz CT molecular complexity index is 3970. The van der Waals surface area contributed by atoms with Crippen molar-refractivity contribution in [2.24, 2.45) is 0 Å². The zero-order chi connectivity index (χ0) is 68.4. The van der Waals surface area contributed by atoms with E-state index in [2.05, 4.69) is 40.0 Å². The molecule has 0 bridgehead atoms. The van der Waals surface area contributed by atoms with Crippen LogP contribution in [0.2, 0.25) is 0 Å². The van der Waals surface area contributed by atoms with Crippen LogP contribution in [0.25, 0.3) is 42.9 Å². The average molecular weight is 1350 g/mol. The zero-order valence-electron chi connectivity index (χ0n) is 52.0. The first kappa shape index (κ1) is 73.9. The second-order valence-electron chi connectivity index (χ2n) is 19.5. The number of aromatic amines is 3. The summed E-state index contributed by atoms with van der Waals surface area (Å²) in [6, 6.07) is 30.9. The van der Waals surface area contributed by atoms with Crippen molar-refractivity contribution in [1.82, 2.24) is 19.9 Å². The van der Waals surface area contributed by atoms with Crippen molar-refractivity contribution in [3.63, 3.8) is 0 Å². The van der Waals surface area contributed by atoms with Crippen LogP contribution in [0.1, 0.15) is 100 Å². The third kappa shape index (κ3) is 27.8. The molecule has 2 aromatic carbocycles. The number of amides is 2. The standard InChI is InChI=1S/C14H9N3OS.C10H9NO3S.C10H13NO3S.C9H13NO2S.C7H12O4.C6H8N2.C5H4O2S.CH3F/c18-13-9(7-8-5-6-19-14(8)17-13)12-15-10-3-1-2-4-11(10)16-12;1-2-14-10(13)7-5-6-3-4-15-9(6)11-8(7)12;1-10(2,3)14-9(13)11-8-7(6-12)4-5-15-8;1-9(2,3)12-8(11)10-7-5-4-6-13-7;1-3-10-6(8)5-7(9)11-4-2;7-5-3-1-2-4-6(5)8;6-5(7)4-2-1-3-8-4;1-2/h1-7H,(H,15,16)(H,17,18);3-5H,2H2,1H3,(H,11,12);4-6H,1-3H3,(H,11,13);4-6H,1-3H3,(H,10,11);3-5H2,1-2H3;1-4H,7-8H2;1-3H,(H,6,7);1H3/i;;;;;;;1D. The molecule has 0 aliphatic carbocycles. The van der Waals surface area contributed by atoms with Crippen LogP contribution in [-0.2, 0) is 33.3 Å². The normalized spacial score (nSPS) is 10.3. The van der Waals surface area contributed by atoms with E-state index >= 15 is 0 Å². The molecule has 0 unspecified atom stereocenters. The third-order valence-electron chi connectivity index (χ3n) is 10.3. The highest BCUT2D eigenvalue weighted by molar-refractivity contribution is 7.17. The van der Waals surface area contributed by atoms with Gasteiger partial charge in [0.2, 0.25) is 0 Å². The number of aldehydes is 1. The monoisotopic (exact) mass is 1350 g/mol. The Labute approximate surface area is 543 Å². The number of para-hydroxylation sites is 4. The lowest BCUT2D eigenvalue weighted by atomic mass is 10.2. The number of hydrogen-bond acceptors (Lipinski definition) is 22. The van der Waals surface area contributed by atoms with Gasteiger partial charge in [-0.15, -0.1) is 56.7 Å². The van der Waals surface area contributed by atoms with Crippen LogP contribution in [0.4, 0.5) is 35.4 Å². The molecule has 10 N–H and O–H groups in total. The van der Waals surface area contributed by atoms with Crippen molar-refractivity contribution in [1.29, 1.82) is 0 Å². The number of carboxylic acids is 1. The highest BCUT2D eigenvalue weighted by Gasteiger charge is 2.19. The molecule has 8 aromatic heterocycles. The highest BCUT2D eigenvalue weighted by atomic mass is 32.1. The number of anilines is 4. The van der Waals surface area contributed by atoms with Crippen LogP contribution >= 0.6 is 56.7 Å². The van der Waals surface area contributed by atoms with Gasteiger partial charge in [-0.25, -0.2) is 24.2 Å². The number of halogens is 1.